The molecule has 0 radical (unpaired) electrons. The van der Waals surface area contributed by atoms with E-state index in [4.69, 9.17) is 37.4 Å². The van der Waals surface area contributed by atoms with E-state index in [0.717, 1.165) is 111 Å². The third kappa shape index (κ3) is 6.00. The average molecular weight is 685 g/mol. The number of rotatable bonds is 7. The fourth-order valence-corrected chi connectivity index (χ4v) is 8.24. The van der Waals surface area contributed by atoms with Crippen LogP contribution in [0.5, 0.6) is 0 Å². The molecule has 0 unspecified atom stereocenters. The van der Waals surface area contributed by atoms with Crippen LogP contribution in [0.15, 0.2) is 41.2 Å². The zero-order valence-corrected chi connectivity index (χ0v) is 29.0. The van der Waals surface area contributed by atoms with Gasteiger partial charge in [0.05, 0.1) is 22.3 Å². The number of pyridine rings is 2. The predicted molar refractivity (Wildman–Crippen MR) is 188 cm³/mol. The van der Waals surface area contributed by atoms with Gasteiger partial charge in [-0.3, -0.25) is 9.78 Å². The minimum atomic E-state index is -0.176. The van der Waals surface area contributed by atoms with Gasteiger partial charge in [-0.15, -0.1) is 0 Å². The van der Waals surface area contributed by atoms with Crippen LogP contribution in [0.25, 0.3) is 22.0 Å². The average Bonchev–Trinajstić information content (AvgIpc) is 3.86. The summed E-state index contributed by atoms with van der Waals surface area (Å²) in [4.78, 5) is 25.9. The van der Waals surface area contributed by atoms with Gasteiger partial charge < -0.3 is 19.1 Å². The fourth-order valence-electron chi connectivity index (χ4n) is 7.69. The zero-order valence-electron chi connectivity index (χ0n) is 27.5. The molecule has 0 spiro atoms. The summed E-state index contributed by atoms with van der Waals surface area (Å²) in [5.74, 6) is 9.45. The number of halogens is 2. The van der Waals surface area contributed by atoms with Crippen LogP contribution in [0, 0.1) is 17.3 Å². The Labute approximate surface area is 291 Å². The predicted octanol–water partition coefficient (Wildman–Crippen LogP) is 8.08. The van der Waals surface area contributed by atoms with Crippen LogP contribution in [0.3, 0.4) is 0 Å². The largest absolute Gasteiger partial charge is 0.370 e. The maximum absolute atomic E-state index is 12.3. The minimum absolute atomic E-state index is 0.00327. The quantitative estimate of drug-likeness (QED) is 0.143. The molecule has 1 saturated heterocycles. The van der Waals surface area contributed by atoms with Gasteiger partial charge in [-0.05, 0) is 82.0 Å². The number of likely N-dealkylation sites (N-methyl/N-ethyl adjacent to an activating group) is 1. The molecule has 3 aromatic heterocycles. The Morgan fingerprint density at radius 2 is 1.73 bits per heavy atom. The number of carbonyl (C=O) groups excluding carboxylic acids is 1. The molecule has 0 atom stereocenters. The van der Waals surface area contributed by atoms with Crippen molar-refractivity contribution >= 4 is 45.6 Å². The number of Topliss-reactive ketones (excluding diaryl/α,β-unsaturated/α-hetero) is 1. The standard InChI is InChI=1S/C38H39Cl2N5O3/c1-24(46)32-20-27-4-3-25(19-28(27)36(42-32)45-17-15-44(2)16-18-45)7-8-37-9-12-38(13-10-37,14-11-37)47-23-29-34(43-48-35(29)26-5-6-26)33-30(39)21-41-22-31(33)40/h3-4,19-22,26H,5-6,9-18,23H2,1-2H3. The molecule has 248 valence electrons. The number of hydrogen-bond acceptors (Lipinski definition) is 8. The molecule has 4 aromatic rings. The van der Waals surface area contributed by atoms with E-state index in [-0.39, 0.29) is 16.8 Å². The molecule has 8 nitrogen and oxygen atoms in total. The molecule has 5 aliphatic rings. The normalized spacial score (nSPS) is 24.1. The topological polar surface area (TPSA) is 84.6 Å². The second-order valence-electron chi connectivity index (χ2n) is 14.2. The molecule has 0 amide bonds. The van der Waals surface area contributed by atoms with Gasteiger partial charge in [-0.2, -0.15) is 0 Å². The number of piperazine rings is 1. The van der Waals surface area contributed by atoms with Crippen molar-refractivity contribution < 1.29 is 14.1 Å². The maximum Gasteiger partial charge on any atom is 0.178 e. The van der Waals surface area contributed by atoms with Crippen LogP contribution in [-0.2, 0) is 11.3 Å². The van der Waals surface area contributed by atoms with Crippen molar-refractivity contribution in [3.8, 4) is 23.1 Å². The first-order valence-electron chi connectivity index (χ1n) is 17.1. The van der Waals surface area contributed by atoms with E-state index in [0.29, 0.717) is 39.5 Å². The molecule has 5 fully saturated rings. The first kappa shape index (κ1) is 31.8. The highest BCUT2D eigenvalue weighted by Gasteiger charge is 2.49. The summed E-state index contributed by atoms with van der Waals surface area (Å²) in [5.41, 5.74) is 3.60. The first-order chi connectivity index (χ1) is 23.2. The number of anilines is 1. The molecule has 4 saturated carbocycles. The number of fused-ring (bicyclic) bond motifs is 4. The summed E-state index contributed by atoms with van der Waals surface area (Å²) in [6.07, 6.45) is 11.3. The number of ether oxygens (including phenoxy) is 1. The molecule has 9 rings (SSSR count). The molecule has 2 bridgehead atoms. The molecule has 48 heavy (non-hydrogen) atoms. The van der Waals surface area contributed by atoms with Gasteiger partial charge >= 0.3 is 0 Å². The Morgan fingerprint density at radius 1 is 1.02 bits per heavy atom. The summed E-state index contributed by atoms with van der Waals surface area (Å²) in [5, 5.41) is 7.42. The monoisotopic (exact) mass is 683 g/mol. The van der Waals surface area contributed by atoms with Gasteiger partial charge in [0.15, 0.2) is 5.78 Å². The highest BCUT2D eigenvalue weighted by Crippen LogP contribution is 2.54. The van der Waals surface area contributed by atoms with Crippen molar-refractivity contribution in [3.05, 3.63) is 69.3 Å². The summed E-state index contributed by atoms with van der Waals surface area (Å²) >= 11 is 13.1. The number of hydrogen-bond donors (Lipinski definition) is 0. The van der Waals surface area contributed by atoms with Gasteiger partial charge in [0, 0.05) is 78.9 Å². The van der Waals surface area contributed by atoms with Crippen LogP contribution in [0.4, 0.5) is 5.82 Å². The highest BCUT2D eigenvalue weighted by molar-refractivity contribution is 6.38. The van der Waals surface area contributed by atoms with Crippen molar-refractivity contribution in [2.75, 3.05) is 38.1 Å². The molecule has 4 aliphatic carbocycles. The molecule has 1 aromatic carbocycles. The lowest BCUT2D eigenvalue weighted by Gasteiger charge is -2.51. The van der Waals surface area contributed by atoms with Crippen molar-refractivity contribution in [3.63, 3.8) is 0 Å². The van der Waals surface area contributed by atoms with E-state index >= 15 is 0 Å². The molecule has 10 heteroatoms. The number of aromatic nitrogens is 3. The van der Waals surface area contributed by atoms with Crippen LogP contribution >= 0.6 is 23.2 Å². The van der Waals surface area contributed by atoms with E-state index < -0.39 is 0 Å². The van der Waals surface area contributed by atoms with Gasteiger partial charge in [0.25, 0.3) is 0 Å². The Morgan fingerprint density at radius 3 is 2.40 bits per heavy atom. The maximum atomic E-state index is 12.3. The molecule has 1 aliphatic heterocycles. The van der Waals surface area contributed by atoms with E-state index in [2.05, 4.69) is 57.0 Å². The van der Waals surface area contributed by atoms with Gasteiger partial charge in [-0.1, -0.05) is 46.3 Å². The van der Waals surface area contributed by atoms with E-state index in [1.54, 1.807) is 19.3 Å². The Hall–Kier alpha value is -3.48. The summed E-state index contributed by atoms with van der Waals surface area (Å²) < 4.78 is 12.7. The summed E-state index contributed by atoms with van der Waals surface area (Å²) in [7, 11) is 2.14. The van der Waals surface area contributed by atoms with Crippen LogP contribution in [0.1, 0.15) is 91.6 Å². The Kier molecular flexibility index (Phi) is 8.23. The smallest absolute Gasteiger partial charge is 0.178 e. The number of ketones is 1. The van der Waals surface area contributed by atoms with Gasteiger partial charge in [0.1, 0.15) is 23.0 Å². The second kappa shape index (κ2) is 12.4. The molecule has 4 heterocycles. The Balaban J connectivity index is 1.00. The molecular formula is C38H39Cl2N5O3. The highest BCUT2D eigenvalue weighted by atomic mass is 35.5. The number of carbonyl (C=O) groups is 1. The number of benzene rings is 1. The Bertz CT molecular complexity index is 1920. The molecular weight excluding hydrogens is 645 g/mol. The summed E-state index contributed by atoms with van der Waals surface area (Å²) in [6, 6.07) is 8.24. The zero-order chi connectivity index (χ0) is 33.0. The lowest BCUT2D eigenvalue weighted by molar-refractivity contribution is -0.131. The minimum Gasteiger partial charge on any atom is -0.370 e. The second-order valence-corrected chi connectivity index (χ2v) is 15.1. The first-order valence-corrected chi connectivity index (χ1v) is 17.8. The van der Waals surface area contributed by atoms with Gasteiger partial charge in [-0.25, -0.2) is 4.98 Å². The van der Waals surface area contributed by atoms with Crippen molar-refractivity contribution in [1.82, 2.24) is 20.0 Å². The SMILES string of the molecule is CC(=O)c1cc2ccc(C#CC34CCC(OCc5c(-c6c(Cl)cncc6Cl)noc5C5CC5)(CC3)CC4)cc2c(N2CCN(C)CC2)n1. The van der Waals surface area contributed by atoms with Crippen LogP contribution in [0.2, 0.25) is 10.0 Å². The van der Waals surface area contributed by atoms with E-state index in [9.17, 15) is 4.79 Å². The van der Waals surface area contributed by atoms with Crippen molar-refractivity contribution in [2.45, 2.75) is 76.4 Å². The van der Waals surface area contributed by atoms with Gasteiger partial charge in [0.2, 0.25) is 0 Å². The van der Waals surface area contributed by atoms with Crippen LogP contribution < -0.4 is 4.90 Å². The lowest BCUT2D eigenvalue weighted by Crippen LogP contribution is -2.47. The third-order valence-electron chi connectivity index (χ3n) is 11.0. The van der Waals surface area contributed by atoms with Crippen molar-refractivity contribution in [2.24, 2.45) is 5.41 Å². The van der Waals surface area contributed by atoms with Crippen molar-refractivity contribution in [1.29, 1.82) is 0 Å². The fraction of sp³-hybridized carbons (Fsp3) is 0.474. The van der Waals surface area contributed by atoms with Crippen LogP contribution in [-0.4, -0.2) is 64.6 Å². The van der Waals surface area contributed by atoms with E-state index in [1.807, 2.05) is 6.07 Å². The molecule has 0 N–H and O–H groups in total. The lowest BCUT2D eigenvalue weighted by atomic mass is 9.59. The number of nitrogens with zero attached hydrogens (tertiary/aromatic N) is 5. The third-order valence-corrected chi connectivity index (χ3v) is 11.6. The van der Waals surface area contributed by atoms with E-state index in [1.165, 1.54) is 0 Å². The summed E-state index contributed by atoms with van der Waals surface area (Å²) in [6.45, 7) is 5.71.